The number of carbonyl (C=O) groups is 1. The predicted molar refractivity (Wildman–Crippen MR) is 79.2 cm³/mol. The van der Waals surface area contributed by atoms with Crippen molar-refractivity contribution in [2.45, 2.75) is 33.2 Å². The van der Waals surface area contributed by atoms with Crippen LogP contribution in [0, 0.1) is 10.1 Å². The summed E-state index contributed by atoms with van der Waals surface area (Å²) in [5.74, 6) is 0.0499. The Morgan fingerprint density at radius 3 is 2.76 bits per heavy atom. The minimum Gasteiger partial charge on any atom is -0.355 e. The molecular weight excluding hydrogens is 276 g/mol. The van der Waals surface area contributed by atoms with Crippen LogP contribution < -0.4 is 16.0 Å². The molecule has 0 bridgehead atoms. The van der Waals surface area contributed by atoms with Crippen LogP contribution in [-0.2, 0) is 4.79 Å². The average molecular weight is 296 g/mol. The molecule has 1 heterocycles. The van der Waals surface area contributed by atoms with Crippen molar-refractivity contribution >= 4 is 23.4 Å². The molecule has 0 radical (unpaired) electrons. The van der Waals surface area contributed by atoms with Gasteiger partial charge in [0.1, 0.15) is 12.2 Å². The van der Waals surface area contributed by atoms with E-state index >= 15 is 0 Å². The highest BCUT2D eigenvalue weighted by Crippen LogP contribution is 2.22. The van der Waals surface area contributed by atoms with Crippen LogP contribution in [0.25, 0.3) is 0 Å². The Kier molecular flexibility index (Phi) is 6.31. The van der Waals surface area contributed by atoms with Crippen LogP contribution in [0.2, 0.25) is 0 Å². The molecule has 1 amide bonds. The van der Waals surface area contributed by atoms with Gasteiger partial charge in [0.15, 0.2) is 0 Å². The van der Waals surface area contributed by atoms with Crippen LogP contribution >= 0.6 is 0 Å². The second kappa shape index (κ2) is 7.98. The molecule has 0 aliphatic heterocycles. The Morgan fingerprint density at radius 2 is 2.19 bits per heavy atom. The number of hydrogen-bond donors (Lipinski definition) is 3. The van der Waals surface area contributed by atoms with E-state index in [4.69, 9.17) is 0 Å². The third kappa shape index (κ3) is 4.86. The molecule has 0 saturated heterocycles. The quantitative estimate of drug-likeness (QED) is 0.485. The van der Waals surface area contributed by atoms with Crippen molar-refractivity contribution in [3.8, 4) is 0 Å². The third-order valence-corrected chi connectivity index (χ3v) is 2.60. The second-order valence-corrected chi connectivity index (χ2v) is 4.37. The molecule has 1 rings (SSSR count). The van der Waals surface area contributed by atoms with E-state index < -0.39 is 11.0 Å². The van der Waals surface area contributed by atoms with Crippen molar-refractivity contribution in [3.05, 3.63) is 16.3 Å². The van der Waals surface area contributed by atoms with Gasteiger partial charge in [-0.15, -0.1) is 0 Å². The molecule has 1 unspecified atom stereocenters. The molecule has 0 aliphatic rings. The molecule has 1 aromatic rings. The highest BCUT2D eigenvalue weighted by molar-refractivity contribution is 5.84. The number of amides is 1. The van der Waals surface area contributed by atoms with Gasteiger partial charge in [-0.25, -0.2) is 4.98 Å². The zero-order chi connectivity index (χ0) is 15.8. The topological polar surface area (TPSA) is 122 Å². The Morgan fingerprint density at radius 1 is 1.48 bits per heavy atom. The van der Waals surface area contributed by atoms with Gasteiger partial charge in [-0.05, 0) is 20.3 Å². The summed E-state index contributed by atoms with van der Waals surface area (Å²) >= 11 is 0. The summed E-state index contributed by atoms with van der Waals surface area (Å²) in [6, 6.07) is -0.641. The van der Waals surface area contributed by atoms with Crippen LogP contribution in [-0.4, -0.2) is 39.9 Å². The summed E-state index contributed by atoms with van der Waals surface area (Å²) in [4.78, 5) is 30.0. The maximum absolute atomic E-state index is 11.7. The minimum atomic E-state index is -0.641. The summed E-state index contributed by atoms with van der Waals surface area (Å²) < 4.78 is 0. The van der Waals surface area contributed by atoms with Crippen molar-refractivity contribution in [1.82, 2.24) is 15.3 Å². The number of anilines is 2. The van der Waals surface area contributed by atoms with E-state index in [9.17, 15) is 14.9 Å². The van der Waals surface area contributed by atoms with Crippen molar-refractivity contribution in [3.63, 3.8) is 0 Å². The monoisotopic (exact) mass is 296 g/mol. The van der Waals surface area contributed by atoms with Gasteiger partial charge in [-0.2, -0.15) is 4.98 Å². The maximum Gasteiger partial charge on any atom is 0.329 e. The number of carbonyl (C=O) groups excluding carboxylic acids is 1. The highest BCUT2D eigenvalue weighted by atomic mass is 16.6. The fourth-order valence-electron chi connectivity index (χ4n) is 1.54. The molecule has 0 saturated carbocycles. The number of hydrogen-bond acceptors (Lipinski definition) is 7. The summed E-state index contributed by atoms with van der Waals surface area (Å²) in [5, 5.41) is 19.3. The number of nitrogens with one attached hydrogen (secondary N) is 3. The lowest BCUT2D eigenvalue weighted by Gasteiger charge is -2.14. The summed E-state index contributed by atoms with van der Waals surface area (Å²) in [6.07, 6.45) is 2.00. The van der Waals surface area contributed by atoms with E-state index in [0.717, 1.165) is 12.6 Å². The van der Waals surface area contributed by atoms with Gasteiger partial charge in [0, 0.05) is 13.1 Å². The first-order valence-corrected chi connectivity index (χ1v) is 6.79. The summed E-state index contributed by atoms with van der Waals surface area (Å²) in [5.41, 5.74) is -0.270. The number of aromatic nitrogens is 2. The standard InChI is InChI=1S/C12H20N6O3/c1-4-6-14-12-15-7-9(18(20)21)10(17-12)16-8(3)11(19)13-5-2/h7-8H,4-6H2,1-3H3,(H,13,19)(H2,14,15,16,17). The number of nitrogens with zero attached hydrogens (tertiary/aromatic N) is 3. The van der Waals surface area contributed by atoms with Crippen LogP contribution in [0.5, 0.6) is 0 Å². The van der Waals surface area contributed by atoms with Gasteiger partial charge in [-0.1, -0.05) is 6.92 Å². The van der Waals surface area contributed by atoms with Gasteiger partial charge in [0.05, 0.1) is 4.92 Å². The van der Waals surface area contributed by atoms with Gasteiger partial charge in [0.25, 0.3) is 0 Å². The van der Waals surface area contributed by atoms with Crippen molar-refractivity contribution in [1.29, 1.82) is 0 Å². The average Bonchev–Trinajstić information content (AvgIpc) is 2.45. The van der Waals surface area contributed by atoms with E-state index in [-0.39, 0.29) is 23.4 Å². The van der Waals surface area contributed by atoms with Crippen LogP contribution in [0.15, 0.2) is 6.20 Å². The Balaban J connectivity index is 2.95. The van der Waals surface area contributed by atoms with Gasteiger partial charge < -0.3 is 16.0 Å². The van der Waals surface area contributed by atoms with Crippen molar-refractivity contribution < 1.29 is 9.72 Å². The molecule has 0 spiro atoms. The molecule has 1 atom stereocenters. The molecule has 1 aromatic heterocycles. The zero-order valence-electron chi connectivity index (χ0n) is 12.3. The molecule has 116 valence electrons. The van der Waals surface area contributed by atoms with E-state index in [1.807, 2.05) is 6.92 Å². The fourth-order valence-corrected chi connectivity index (χ4v) is 1.54. The number of nitro groups is 1. The summed E-state index contributed by atoms with van der Waals surface area (Å²) in [7, 11) is 0. The van der Waals surface area contributed by atoms with E-state index in [0.29, 0.717) is 13.1 Å². The van der Waals surface area contributed by atoms with Crippen LogP contribution in [0.4, 0.5) is 17.5 Å². The van der Waals surface area contributed by atoms with Gasteiger partial charge in [0.2, 0.25) is 17.7 Å². The largest absolute Gasteiger partial charge is 0.355 e. The second-order valence-electron chi connectivity index (χ2n) is 4.37. The first kappa shape index (κ1) is 16.6. The number of likely N-dealkylation sites (N-methyl/N-ethyl adjacent to an activating group) is 1. The third-order valence-electron chi connectivity index (χ3n) is 2.60. The molecule has 9 nitrogen and oxygen atoms in total. The fraction of sp³-hybridized carbons (Fsp3) is 0.583. The molecule has 0 aliphatic carbocycles. The molecular formula is C12H20N6O3. The Bertz CT molecular complexity index is 508. The lowest BCUT2D eigenvalue weighted by atomic mass is 10.3. The maximum atomic E-state index is 11.7. The van der Waals surface area contributed by atoms with E-state index in [1.165, 1.54) is 0 Å². The van der Waals surface area contributed by atoms with Crippen molar-refractivity contribution in [2.24, 2.45) is 0 Å². The normalized spacial score (nSPS) is 11.6. The van der Waals surface area contributed by atoms with Crippen LogP contribution in [0.1, 0.15) is 27.2 Å². The van der Waals surface area contributed by atoms with Gasteiger partial charge in [-0.3, -0.25) is 14.9 Å². The lowest BCUT2D eigenvalue weighted by molar-refractivity contribution is -0.384. The minimum absolute atomic E-state index is 0.0207. The zero-order valence-corrected chi connectivity index (χ0v) is 12.3. The van der Waals surface area contributed by atoms with Gasteiger partial charge >= 0.3 is 5.69 Å². The predicted octanol–water partition coefficient (Wildman–Crippen LogP) is 1.14. The first-order valence-electron chi connectivity index (χ1n) is 6.79. The number of rotatable bonds is 8. The lowest BCUT2D eigenvalue weighted by Crippen LogP contribution is -2.37. The SMILES string of the molecule is CCCNc1ncc([N+](=O)[O-])c(NC(C)C(=O)NCC)n1. The molecule has 0 aromatic carbocycles. The molecule has 21 heavy (non-hydrogen) atoms. The summed E-state index contributed by atoms with van der Waals surface area (Å²) in [6.45, 7) is 6.53. The first-order chi connectivity index (χ1) is 9.99. The van der Waals surface area contributed by atoms with E-state index in [2.05, 4.69) is 25.9 Å². The highest BCUT2D eigenvalue weighted by Gasteiger charge is 2.21. The molecule has 9 heteroatoms. The molecule has 3 N–H and O–H groups in total. The molecule has 0 fully saturated rings. The smallest absolute Gasteiger partial charge is 0.329 e. The Labute approximate surface area is 122 Å². The van der Waals surface area contributed by atoms with E-state index in [1.54, 1.807) is 13.8 Å². The van der Waals surface area contributed by atoms with Crippen molar-refractivity contribution in [2.75, 3.05) is 23.7 Å². The Hall–Kier alpha value is -2.45. The van der Waals surface area contributed by atoms with Crippen LogP contribution in [0.3, 0.4) is 0 Å².